The molecule has 1 aliphatic heterocycles. The summed E-state index contributed by atoms with van der Waals surface area (Å²) >= 11 is 0. The summed E-state index contributed by atoms with van der Waals surface area (Å²) < 4.78 is 20.2. The Hall–Kier alpha value is -2.01. The molecule has 0 N–H and O–H groups in total. The second-order valence-corrected chi connectivity index (χ2v) is 5.76. The van der Waals surface area contributed by atoms with Crippen LogP contribution in [0.2, 0.25) is 0 Å². The molecule has 5 heteroatoms. The standard InChI is InChI=1S/C17H20FN3O/c1-12(2)13-9-14(11-19-10-13)15-3-4-20-17(16(15)18)21-5-7-22-8-6-21/h3-4,9-12H,5-8H2,1-2H3. The van der Waals surface area contributed by atoms with E-state index in [0.29, 0.717) is 43.6 Å². The zero-order chi connectivity index (χ0) is 15.5. The van der Waals surface area contributed by atoms with Crippen LogP contribution in [0, 0.1) is 5.82 Å². The number of nitrogens with zero attached hydrogens (tertiary/aromatic N) is 3. The molecule has 116 valence electrons. The number of anilines is 1. The van der Waals surface area contributed by atoms with Crippen LogP contribution < -0.4 is 4.90 Å². The zero-order valence-electron chi connectivity index (χ0n) is 12.9. The van der Waals surface area contributed by atoms with Gasteiger partial charge in [-0.3, -0.25) is 4.98 Å². The molecular weight excluding hydrogens is 281 g/mol. The van der Waals surface area contributed by atoms with Crippen LogP contribution in [0.15, 0.2) is 30.7 Å². The second-order valence-electron chi connectivity index (χ2n) is 5.76. The Morgan fingerprint density at radius 3 is 2.73 bits per heavy atom. The molecular formula is C17H20FN3O. The molecule has 0 spiro atoms. The lowest BCUT2D eigenvalue weighted by Gasteiger charge is -2.28. The largest absolute Gasteiger partial charge is 0.378 e. The van der Waals surface area contributed by atoms with Crippen LogP contribution in [-0.4, -0.2) is 36.3 Å². The molecule has 0 saturated carbocycles. The first-order valence-corrected chi connectivity index (χ1v) is 7.59. The van der Waals surface area contributed by atoms with Crippen molar-refractivity contribution in [3.63, 3.8) is 0 Å². The molecule has 2 aromatic rings. The Kier molecular flexibility index (Phi) is 4.34. The number of morpholine rings is 1. The molecule has 22 heavy (non-hydrogen) atoms. The van der Waals surface area contributed by atoms with E-state index in [-0.39, 0.29) is 5.82 Å². The van der Waals surface area contributed by atoms with Crippen LogP contribution in [0.25, 0.3) is 11.1 Å². The number of hydrogen-bond donors (Lipinski definition) is 0. The zero-order valence-corrected chi connectivity index (χ0v) is 12.9. The third-order valence-electron chi connectivity index (χ3n) is 3.92. The molecule has 0 aliphatic carbocycles. The molecule has 1 saturated heterocycles. The SMILES string of the molecule is CC(C)c1cncc(-c2ccnc(N3CCOCC3)c2F)c1. The van der Waals surface area contributed by atoms with Crippen LogP contribution in [0.4, 0.5) is 10.2 Å². The summed E-state index contributed by atoms with van der Waals surface area (Å²) in [6.07, 6.45) is 5.19. The molecule has 1 fully saturated rings. The summed E-state index contributed by atoms with van der Waals surface area (Å²) in [6, 6.07) is 3.71. The van der Waals surface area contributed by atoms with Crippen molar-refractivity contribution in [2.24, 2.45) is 0 Å². The third kappa shape index (κ3) is 2.95. The first-order chi connectivity index (χ1) is 10.7. The van der Waals surface area contributed by atoms with Crippen LogP contribution >= 0.6 is 0 Å². The fraction of sp³-hybridized carbons (Fsp3) is 0.412. The summed E-state index contributed by atoms with van der Waals surface area (Å²) in [5.41, 5.74) is 2.44. The van der Waals surface area contributed by atoms with Gasteiger partial charge in [-0.15, -0.1) is 0 Å². The normalized spacial score (nSPS) is 15.4. The van der Waals surface area contributed by atoms with Crippen molar-refractivity contribution < 1.29 is 9.13 Å². The Morgan fingerprint density at radius 2 is 2.00 bits per heavy atom. The number of rotatable bonds is 3. The van der Waals surface area contributed by atoms with E-state index in [1.54, 1.807) is 18.5 Å². The Labute approximate surface area is 130 Å². The number of hydrogen-bond acceptors (Lipinski definition) is 4. The van der Waals surface area contributed by atoms with Gasteiger partial charge in [0.1, 0.15) is 0 Å². The lowest BCUT2D eigenvalue weighted by molar-refractivity contribution is 0.122. The van der Waals surface area contributed by atoms with E-state index in [4.69, 9.17) is 4.74 Å². The highest BCUT2D eigenvalue weighted by atomic mass is 19.1. The summed E-state index contributed by atoms with van der Waals surface area (Å²) in [5.74, 6) is 0.471. The summed E-state index contributed by atoms with van der Waals surface area (Å²) in [5, 5.41) is 0. The predicted molar refractivity (Wildman–Crippen MR) is 84.5 cm³/mol. The molecule has 4 nitrogen and oxygen atoms in total. The van der Waals surface area contributed by atoms with Gasteiger partial charge in [0.05, 0.1) is 13.2 Å². The topological polar surface area (TPSA) is 38.2 Å². The van der Waals surface area contributed by atoms with Gasteiger partial charge < -0.3 is 9.64 Å². The van der Waals surface area contributed by atoms with Gasteiger partial charge in [0.15, 0.2) is 11.6 Å². The fourth-order valence-electron chi connectivity index (χ4n) is 2.57. The van der Waals surface area contributed by atoms with Crippen molar-refractivity contribution in [2.45, 2.75) is 19.8 Å². The smallest absolute Gasteiger partial charge is 0.173 e. The average molecular weight is 301 g/mol. The molecule has 3 heterocycles. The molecule has 0 aromatic carbocycles. The number of aromatic nitrogens is 2. The minimum atomic E-state index is -0.285. The van der Waals surface area contributed by atoms with Crippen molar-refractivity contribution in [3.05, 3.63) is 42.1 Å². The highest BCUT2D eigenvalue weighted by molar-refractivity contribution is 5.67. The molecule has 3 rings (SSSR count). The number of pyridine rings is 2. The average Bonchev–Trinajstić information content (AvgIpc) is 2.56. The Balaban J connectivity index is 1.99. The van der Waals surface area contributed by atoms with Gasteiger partial charge in [-0.1, -0.05) is 13.8 Å². The van der Waals surface area contributed by atoms with Gasteiger partial charge in [0.2, 0.25) is 0 Å². The lowest BCUT2D eigenvalue weighted by atomic mass is 10.0. The van der Waals surface area contributed by atoms with Gasteiger partial charge in [-0.05, 0) is 23.6 Å². The molecule has 0 atom stereocenters. The van der Waals surface area contributed by atoms with Gasteiger partial charge in [0, 0.05) is 42.8 Å². The molecule has 0 amide bonds. The Morgan fingerprint density at radius 1 is 1.23 bits per heavy atom. The Bertz CT molecular complexity index is 654. The molecule has 0 radical (unpaired) electrons. The van der Waals surface area contributed by atoms with Crippen molar-refractivity contribution >= 4 is 5.82 Å². The van der Waals surface area contributed by atoms with E-state index in [2.05, 4.69) is 23.8 Å². The second kappa shape index (κ2) is 6.40. The monoisotopic (exact) mass is 301 g/mol. The highest BCUT2D eigenvalue weighted by Gasteiger charge is 2.19. The van der Waals surface area contributed by atoms with E-state index < -0.39 is 0 Å². The number of halogens is 1. The third-order valence-corrected chi connectivity index (χ3v) is 3.92. The molecule has 0 bridgehead atoms. The number of ether oxygens (including phenoxy) is 1. The summed E-state index contributed by atoms with van der Waals surface area (Å²) in [6.45, 7) is 6.74. The van der Waals surface area contributed by atoms with Crippen molar-refractivity contribution in [2.75, 3.05) is 31.2 Å². The van der Waals surface area contributed by atoms with E-state index in [1.807, 2.05) is 17.2 Å². The van der Waals surface area contributed by atoms with Crippen LogP contribution in [-0.2, 0) is 4.74 Å². The van der Waals surface area contributed by atoms with Crippen molar-refractivity contribution in [1.82, 2.24) is 9.97 Å². The first-order valence-electron chi connectivity index (χ1n) is 7.59. The van der Waals surface area contributed by atoms with Gasteiger partial charge in [-0.2, -0.15) is 0 Å². The van der Waals surface area contributed by atoms with Gasteiger partial charge in [-0.25, -0.2) is 9.37 Å². The van der Waals surface area contributed by atoms with E-state index in [0.717, 1.165) is 11.1 Å². The van der Waals surface area contributed by atoms with Crippen LogP contribution in [0.1, 0.15) is 25.3 Å². The first kappa shape index (κ1) is 14.9. The maximum Gasteiger partial charge on any atom is 0.173 e. The highest BCUT2D eigenvalue weighted by Crippen LogP contribution is 2.29. The maximum atomic E-state index is 14.9. The van der Waals surface area contributed by atoms with E-state index in [9.17, 15) is 4.39 Å². The van der Waals surface area contributed by atoms with Crippen LogP contribution in [0.5, 0.6) is 0 Å². The lowest BCUT2D eigenvalue weighted by Crippen LogP contribution is -2.37. The van der Waals surface area contributed by atoms with Gasteiger partial charge >= 0.3 is 0 Å². The minimum Gasteiger partial charge on any atom is -0.378 e. The van der Waals surface area contributed by atoms with Crippen LogP contribution in [0.3, 0.4) is 0 Å². The molecule has 0 unspecified atom stereocenters. The quantitative estimate of drug-likeness (QED) is 0.872. The fourth-order valence-corrected chi connectivity index (χ4v) is 2.57. The van der Waals surface area contributed by atoms with Crippen molar-refractivity contribution in [3.8, 4) is 11.1 Å². The van der Waals surface area contributed by atoms with E-state index in [1.165, 1.54) is 0 Å². The maximum absolute atomic E-state index is 14.9. The van der Waals surface area contributed by atoms with E-state index >= 15 is 0 Å². The van der Waals surface area contributed by atoms with Gasteiger partial charge in [0.25, 0.3) is 0 Å². The molecule has 2 aromatic heterocycles. The summed E-state index contributed by atoms with van der Waals surface area (Å²) in [4.78, 5) is 10.4. The predicted octanol–water partition coefficient (Wildman–Crippen LogP) is 3.24. The minimum absolute atomic E-state index is 0.285. The summed E-state index contributed by atoms with van der Waals surface area (Å²) in [7, 11) is 0. The van der Waals surface area contributed by atoms with Crippen molar-refractivity contribution in [1.29, 1.82) is 0 Å². The molecule has 1 aliphatic rings.